The van der Waals surface area contributed by atoms with Gasteiger partial charge in [-0.25, -0.2) is 14.5 Å². The fourth-order valence-electron chi connectivity index (χ4n) is 4.47. The lowest BCUT2D eigenvalue weighted by Crippen LogP contribution is -2.07. The van der Waals surface area contributed by atoms with Gasteiger partial charge in [-0.05, 0) is 29.7 Å². The first-order valence-electron chi connectivity index (χ1n) is 12.4. The molecule has 10 heteroatoms. The van der Waals surface area contributed by atoms with E-state index in [-0.39, 0.29) is 0 Å². The number of methoxy groups -OCH3 is 3. The molecule has 0 atom stereocenters. The number of rotatable bonds is 9. The fourth-order valence-corrected chi connectivity index (χ4v) is 4.47. The zero-order valence-electron chi connectivity index (χ0n) is 22.5. The van der Waals surface area contributed by atoms with E-state index in [2.05, 4.69) is 10.3 Å². The van der Waals surface area contributed by atoms with Crippen LogP contribution in [-0.2, 0) is 4.79 Å². The number of benzene rings is 3. The Balaban J connectivity index is 1.56. The summed E-state index contributed by atoms with van der Waals surface area (Å²) in [5, 5.41) is 7.94. The van der Waals surface area contributed by atoms with E-state index in [1.54, 1.807) is 44.2 Å². The van der Waals surface area contributed by atoms with E-state index in [9.17, 15) is 4.79 Å². The van der Waals surface area contributed by atoms with Gasteiger partial charge >= 0.3 is 0 Å². The largest absolute Gasteiger partial charge is 0.493 e. The van der Waals surface area contributed by atoms with E-state index in [4.69, 9.17) is 30.0 Å². The molecule has 0 saturated carbocycles. The first kappa shape index (κ1) is 26.2. The third-order valence-electron chi connectivity index (χ3n) is 6.30. The molecule has 0 aliphatic heterocycles. The third-order valence-corrected chi connectivity index (χ3v) is 6.30. The maximum absolute atomic E-state index is 11.9. The highest BCUT2D eigenvalue weighted by molar-refractivity contribution is 5.98. The molecule has 0 spiro atoms. The number of hydrogen-bond acceptors (Lipinski definition) is 8. The summed E-state index contributed by atoms with van der Waals surface area (Å²) in [5.74, 6) is 1.92. The van der Waals surface area contributed by atoms with Crippen molar-refractivity contribution in [1.29, 1.82) is 0 Å². The molecule has 40 heavy (non-hydrogen) atoms. The average molecular weight is 537 g/mol. The summed E-state index contributed by atoms with van der Waals surface area (Å²) >= 11 is 0. The van der Waals surface area contributed by atoms with Gasteiger partial charge in [-0.3, -0.25) is 4.79 Å². The summed E-state index contributed by atoms with van der Waals surface area (Å²) in [4.78, 5) is 21.1. The monoisotopic (exact) mass is 536 g/mol. The lowest BCUT2D eigenvalue weighted by atomic mass is 9.96. The number of aromatic nitrogens is 4. The molecule has 1 amide bonds. The molecule has 5 aromatic rings. The number of nitrogens with one attached hydrogen (secondary N) is 1. The van der Waals surface area contributed by atoms with E-state index in [0.29, 0.717) is 40.3 Å². The number of nitrogens with zero attached hydrogens (tertiary/aromatic N) is 4. The number of amides is 1. The van der Waals surface area contributed by atoms with Crippen molar-refractivity contribution in [2.75, 3.05) is 26.6 Å². The van der Waals surface area contributed by atoms with Gasteiger partial charge in [0.05, 0.1) is 33.2 Å². The van der Waals surface area contributed by atoms with Crippen LogP contribution in [0.4, 0.5) is 11.6 Å². The summed E-state index contributed by atoms with van der Waals surface area (Å²) in [7, 11) is 4.66. The number of nitrogens with two attached hydrogens (primary N) is 1. The molecule has 0 aliphatic carbocycles. The molecule has 5 rings (SSSR count). The number of primary amides is 1. The fraction of sp³-hybridized carbons (Fsp3) is 0.133. The number of anilines is 2. The minimum absolute atomic E-state index is 0.343. The summed E-state index contributed by atoms with van der Waals surface area (Å²) in [5.41, 5.74) is 11.0. The van der Waals surface area contributed by atoms with Crippen molar-refractivity contribution in [2.45, 2.75) is 6.92 Å². The minimum Gasteiger partial charge on any atom is -0.493 e. The second kappa shape index (κ2) is 11.2. The van der Waals surface area contributed by atoms with Crippen LogP contribution in [0, 0.1) is 6.92 Å². The molecule has 0 unspecified atom stereocenters. The standard InChI is InChI=1S/C30H28N6O4/c1-18-24-17-32-30(34-22-14-25(38-2)28(40-4)26(15-22)39-3)35-36(24)29(33-18)21-12-8-11-20(13-21)23(16-27(31)37)19-9-6-5-7-10-19/h5-17H,1-4H3,(H2,31,37)(H,34,35)/b23-16+. The average Bonchev–Trinajstić information content (AvgIpc) is 3.31. The highest BCUT2D eigenvalue weighted by Gasteiger charge is 2.17. The molecule has 2 heterocycles. The van der Waals surface area contributed by atoms with Crippen molar-refractivity contribution in [1.82, 2.24) is 19.6 Å². The van der Waals surface area contributed by atoms with Gasteiger partial charge in [0.15, 0.2) is 17.3 Å². The van der Waals surface area contributed by atoms with Crippen molar-refractivity contribution in [3.05, 3.63) is 95.8 Å². The topological polar surface area (TPSA) is 126 Å². The van der Waals surface area contributed by atoms with Crippen LogP contribution < -0.4 is 25.3 Å². The van der Waals surface area contributed by atoms with Crippen LogP contribution in [0.1, 0.15) is 16.8 Å². The number of fused-ring (bicyclic) bond motifs is 1. The van der Waals surface area contributed by atoms with Crippen LogP contribution in [0.15, 0.2) is 79.0 Å². The van der Waals surface area contributed by atoms with Crippen LogP contribution in [0.3, 0.4) is 0 Å². The lowest BCUT2D eigenvalue weighted by Gasteiger charge is -2.14. The van der Waals surface area contributed by atoms with E-state index in [0.717, 1.165) is 27.9 Å². The van der Waals surface area contributed by atoms with Gasteiger partial charge in [0.25, 0.3) is 0 Å². The predicted octanol–water partition coefficient (Wildman–Crippen LogP) is 4.79. The van der Waals surface area contributed by atoms with Gasteiger partial charge in [0.2, 0.25) is 17.6 Å². The van der Waals surface area contributed by atoms with Crippen molar-refractivity contribution in [2.24, 2.45) is 5.73 Å². The summed E-state index contributed by atoms with van der Waals surface area (Å²) in [6, 6.07) is 20.9. The molecule has 0 radical (unpaired) electrons. The number of ether oxygens (including phenoxy) is 3. The van der Waals surface area contributed by atoms with Gasteiger partial charge < -0.3 is 25.3 Å². The number of imidazole rings is 1. The van der Waals surface area contributed by atoms with E-state index in [1.807, 2.05) is 61.5 Å². The van der Waals surface area contributed by atoms with E-state index >= 15 is 0 Å². The first-order valence-corrected chi connectivity index (χ1v) is 12.4. The smallest absolute Gasteiger partial charge is 0.245 e. The Morgan fingerprint density at radius 1 is 0.925 bits per heavy atom. The Kier molecular flexibility index (Phi) is 7.32. The van der Waals surface area contributed by atoms with Gasteiger partial charge in [-0.1, -0.05) is 48.5 Å². The molecule has 202 valence electrons. The molecule has 0 fully saturated rings. The van der Waals surface area contributed by atoms with Crippen molar-refractivity contribution < 1.29 is 19.0 Å². The number of carbonyl (C=O) groups is 1. The van der Waals surface area contributed by atoms with Crippen molar-refractivity contribution >= 4 is 28.6 Å². The molecule has 3 N–H and O–H groups in total. The Morgan fingerprint density at radius 2 is 1.62 bits per heavy atom. The molecule has 0 aliphatic rings. The second-order valence-electron chi connectivity index (χ2n) is 8.85. The highest BCUT2D eigenvalue weighted by atomic mass is 16.5. The van der Waals surface area contributed by atoms with Crippen LogP contribution in [-0.4, -0.2) is 46.8 Å². The number of carbonyl (C=O) groups excluding carboxylic acids is 1. The first-order chi connectivity index (χ1) is 19.4. The molecular weight excluding hydrogens is 508 g/mol. The minimum atomic E-state index is -0.526. The number of hydrogen-bond donors (Lipinski definition) is 2. The SMILES string of the molecule is COc1cc(Nc2ncc3c(C)nc(-c4cccc(/C(=C/C(N)=O)c5ccccc5)c4)n3n2)cc(OC)c1OC. The van der Waals surface area contributed by atoms with Gasteiger partial charge in [0.1, 0.15) is 5.52 Å². The van der Waals surface area contributed by atoms with E-state index in [1.165, 1.54) is 6.08 Å². The summed E-state index contributed by atoms with van der Waals surface area (Å²) < 4.78 is 18.1. The maximum atomic E-state index is 11.9. The Bertz CT molecular complexity index is 1700. The molecule has 10 nitrogen and oxygen atoms in total. The van der Waals surface area contributed by atoms with Crippen LogP contribution in [0.5, 0.6) is 17.2 Å². The molecular formula is C30H28N6O4. The quantitative estimate of drug-likeness (QED) is 0.258. The normalized spacial score (nSPS) is 11.3. The predicted molar refractivity (Wildman–Crippen MR) is 153 cm³/mol. The van der Waals surface area contributed by atoms with Gasteiger partial charge in [-0.15, -0.1) is 5.10 Å². The molecule has 2 aromatic heterocycles. The zero-order chi connectivity index (χ0) is 28.2. The molecule has 0 bridgehead atoms. The second-order valence-corrected chi connectivity index (χ2v) is 8.85. The van der Waals surface area contributed by atoms with Crippen LogP contribution in [0.2, 0.25) is 0 Å². The molecule has 3 aromatic carbocycles. The Labute approximate surface area is 231 Å². The number of aryl methyl sites for hydroxylation is 1. The lowest BCUT2D eigenvalue weighted by molar-refractivity contribution is -0.113. The maximum Gasteiger partial charge on any atom is 0.245 e. The van der Waals surface area contributed by atoms with Gasteiger partial charge in [0, 0.05) is 29.5 Å². The third kappa shape index (κ3) is 5.14. The summed E-state index contributed by atoms with van der Waals surface area (Å²) in [6.07, 6.45) is 3.15. The van der Waals surface area contributed by atoms with Crippen LogP contribution in [0.25, 0.3) is 22.5 Å². The Morgan fingerprint density at radius 3 is 2.27 bits per heavy atom. The van der Waals surface area contributed by atoms with E-state index < -0.39 is 5.91 Å². The molecule has 0 saturated heterocycles. The Hall–Kier alpha value is -5.38. The van der Waals surface area contributed by atoms with Gasteiger partial charge in [-0.2, -0.15) is 0 Å². The van der Waals surface area contributed by atoms with Crippen molar-refractivity contribution in [3.8, 4) is 28.6 Å². The highest BCUT2D eigenvalue weighted by Crippen LogP contribution is 2.40. The van der Waals surface area contributed by atoms with Crippen LogP contribution >= 0.6 is 0 Å². The summed E-state index contributed by atoms with van der Waals surface area (Å²) in [6.45, 7) is 1.90. The van der Waals surface area contributed by atoms with Crippen molar-refractivity contribution in [3.63, 3.8) is 0 Å². The zero-order valence-corrected chi connectivity index (χ0v) is 22.5.